The first-order chi connectivity index (χ1) is 8.56. The van der Waals surface area contributed by atoms with Crippen LogP contribution < -0.4 is 4.74 Å². The van der Waals surface area contributed by atoms with Crippen LogP contribution in [0, 0.1) is 5.82 Å². The summed E-state index contributed by atoms with van der Waals surface area (Å²) in [7, 11) is 0. The van der Waals surface area contributed by atoms with Crippen molar-refractivity contribution in [2.75, 3.05) is 0 Å². The molecular formula is C12H8BrFO3S. The Hall–Kier alpha value is -1.40. The van der Waals surface area contributed by atoms with Gasteiger partial charge in [0.15, 0.2) is 0 Å². The molecule has 0 saturated carbocycles. The topological polar surface area (TPSA) is 46.5 Å². The molecule has 0 bridgehead atoms. The Morgan fingerprint density at radius 1 is 1.44 bits per heavy atom. The molecule has 0 atom stereocenters. The summed E-state index contributed by atoms with van der Waals surface area (Å²) in [6, 6.07) is 6.11. The van der Waals surface area contributed by atoms with E-state index in [1.165, 1.54) is 12.1 Å². The number of rotatable bonds is 4. The maximum atomic E-state index is 13.5. The Morgan fingerprint density at radius 3 is 2.83 bits per heavy atom. The van der Waals surface area contributed by atoms with Gasteiger partial charge in [-0.05, 0) is 12.1 Å². The van der Waals surface area contributed by atoms with E-state index in [9.17, 15) is 9.18 Å². The fourth-order valence-corrected chi connectivity index (χ4v) is 2.30. The highest BCUT2D eigenvalue weighted by molar-refractivity contribution is 9.10. The van der Waals surface area contributed by atoms with Crippen molar-refractivity contribution in [3.63, 3.8) is 0 Å². The Balaban J connectivity index is 2.04. The number of carboxylic acids is 1. The van der Waals surface area contributed by atoms with Gasteiger partial charge in [0.05, 0.1) is 0 Å². The lowest BCUT2D eigenvalue weighted by molar-refractivity contribution is 0.0702. The van der Waals surface area contributed by atoms with Gasteiger partial charge in [-0.1, -0.05) is 22.0 Å². The van der Waals surface area contributed by atoms with Crippen LogP contribution in [0.2, 0.25) is 0 Å². The number of benzene rings is 1. The molecule has 18 heavy (non-hydrogen) atoms. The summed E-state index contributed by atoms with van der Waals surface area (Å²) in [6.45, 7) is 0.0644. The molecule has 0 fully saturated rings. The molecule has 0 aliphatic carbocycles. The Labute approximate surface area is 115 Å². The van der Waals surface area contributed by atoms with Crippen LogP contribution in [-0.2, 0) is 6.61 Å². The third-order valence-electron chi connectivity index (χ3n) is 2.20. The molecule has 0 aliphatic rings. The van der Waals surface area contributed by atoms with E-state index in [1.54, 1.807) is 17.5 Å². The van der Waals surface area contributed by atoms with Crippen LogP contribution in [0.15, 0.2) is 34.1 Å². The van der Waals surface area contributed by atoms with Crippen molar-refractivity contribution in [3.8, 4) is 5.75 Å². The molecule has 2 rings (SSSR count). The highest BCUT2D eigenvalue weighted by Crippen LogP contribution is 2.23. The molecule has 3 nitrogen and oxygen atoms in total. The van der Waals surface area contributed by atoms with E-state index in [4.69, 9.17) is 9.84 Å². The summed E-state index contributed by atoms with van der Waals surface area (Å²) in [4.78, 5) is 10.9. The lowest BCUT2D eigenvalue weighted by atomic mass is 10.2. The Kier molecular flexibility index (Phi) is 3.98. The van der Waals surface area contributed by atoms with Gasteiger partial charge in [0, 0.05) is 21.5 Å². The fraction of sp³-hybridized carbons (Fsp3) is 0.0833. The van der Waals surface area contributed by atoms with E-state index in [1.807, 2.05) is 0 Å². The van der Waals surface area contributed by atoms with Crippen molar-refractivity contribution >= 4 is 33.2 Å². The van der Waals surface area contributed by atoms with Crippen molar-refractivity contribution < 1.29 is 19.0 Å². The van der Waals surface area contributed by atoms with Crippen LogP contribution in [0.1, 0.15) is 15.2 Å². The van der Waals surface area contributed by atoms with Crippen LogP contribution in [0.3, 0.4) is 0 Å². The fourth-order valence-electron chi connectivity index (χ4n) is 1.31. The Bertz CT molecular complexity index is 582. The Morgan fingerprint density at radius 2 is 2.22 bits per heavy atom. The minimum absolute atomic E-state index is 0.0644. The lowest BCUT2D eigenvalue weighted by Crippen LogP contribution is -1.98. The van der Waals surface area contributed by atoms with Crippen LogP contribution in [0.25, 0.3) is 0 Å². The average Bonchev–Trinajstić information content (AvgIpc) is 2.76. The second-order valence-corrected chi connectivity index (χ2v) is 5.30. The van der Waals surface area contributed by atoms with E-state index in [2.05, 4.69) is 15.9 Å². The van der Waals surface area contributed by atoms with Crippen molar-refractivity contribution in [2.45, 2.75) is 6.61 Å². The monoisotopic (exact) mass is 330 g/mol. The highest BCUT2D eigenvalue weighted by Gasteiger charge is 2.09. The zero-order chi connectivity index (χ0) is 13.1. The zero-order valence-electron chi connectivity index (χ0n) is 9.02. The number of thiophene rings is 1. The van der Waals surface area contributed by atoms with Gasteiger partial charge in [0.25, 0.3) is 0 Å². The largest absolute Gasteiger partial charge is 0.488 e. The van der Waals surface area contributed by atoms with Crippen LogP contribution in [0.4, 0.5) is 4.39 Å². The normalized spacial score (nSPS) is 10.3. The number of ether oxygens (including phenoxy) is 1. The van der Waals surface area contributed by atoms with Gasteiger partial charge >= 0.3 is 5.97 Å². The molecule has 6 heteroatoms. The number of hydrogen-bond donors (Lipinski definition) is 1. The smallest absolute Gasteiger partial charge is 0.346 e. The predicted molar refractivity (Wildman–Crippen MR) is 69.7 cm³/mol. The van der Waals surface area contributed by atoms with Gasteiger partial charge in [-0.2, -0.15) is 0 Å². The summed E-state index contributed by atoms with van der Waals surface area (Å²) >= 11 is 4.24. The second kappa shape index (κ2) is 5.49. The zero-order valence-corrected chi connectivity index (χ0v) is 11.4. The number of carboxylic acid groups (broad SMARTS) is 1. The van der Waals surface area contributed by atoms with Gasteiger partial charge < -0.3 is 9.84 Å². The lowest BCUT2D eigenvalue weighted by Gasteiger charge is -2.05. The van der Waals surface area contributed by atoms with E-state index in [0.29, 0.717) is 15.8 Å². The molecule has 0 unspecified atom stereocenters. The molecule has 0 amide bonds. The van der Waals surface area contributed by atoms with E-state index >= 15 is 0 Å². The number of carbonyl (C=O) groups is 1. The molecule has 0 saturated heterocycles. The molecule has 2 aromatic rings. The van der Waals surface area contributed by atoms with Gasteiger partial charge in [-0.3, -0.25) is 0 Å². The SMILES string of the molecule is O=C(O)c1cc(OCc2ccc(Br)cc2F)cs1. The van der Waals surface area contributed by atoms with Gasteiger partial charge in [0.2, 0.25) is 0 Å². The average molecular weight is 331 g/mol. The quantitative estimate of drug-likeness (QED) is 0.923. The van der Waals surface area contributed by atoms with Crippen molar-refractivity contribution in [3.05, 3.63) is 50.4 Å². The summed E-state index contributed by atoms with van der Waals surface area (Å²) in [6.07, 6.45) is 0. The maximum Gasteiger partial charge on any atom is 0.346 e. The van der Waals surface area contributed by atoms with Crippen molar-refractivity contribution in [1.82, 2.24) is 0 Å². The van der Waals surface area contributed by atoms with E-state index < -0.39 is 5.97 Å². The third-order valence-corrected chi connectivity index (χ3v) is 3.59. The molecule has 1 N–H and O–H groups in total. The summed E-state index contributed by atoms with van der Waals surface area (Å²) in [5.41, 5.74) is 0.418. The van der Waals surface area contributed by atoms with Gasteiger partial charge in [0.1, 0.15) is 23.1 Å². The third kappa shape index (κ3) is 3.08. The molecule has 1 aromatic heterocycles. The molecule has 0 spiro atoms. The molecule has 1 aromatic carbocycles. The standard InChI is InChI=1S/C12H8BrFO3S/c13-8-2-1-7(10(14)3-8)5-17-9-4-11(12(15)16)18-6-9/h1-4,6H,5H2,(H,15,16). The number of hydrogen-bond acceptors (Lipinski definition) is 3. The van der Waals surface area contributed by atoms with Crippen LogP contribution in [0.5, 0.6) is 5.75 Å². The summed E-state index contributed by atoms with van der Waals surface area (Å²) < 4.78 is 19.5. The first-order valence-electron chi connectivity index (χ1n) is 4.95. The van der Waals surface area contributed by atoms with Crippen LogP contribution in [-0.4, -0.2) is 11.1 Å². The summed E-state index contributed by atoms with van der Waals surface area (Å²) in [5, 5.41) is 10.3. The van der Waals surface area contributed by atoms with Crippen molar-refractivity contribution in [2.24, 2.45) is 0 Å². The second-order valence-electron chi connectivity index (χ2n) is 3.48. The minimum atomic E-state index is -0.996. The van der Waals surface area contributed by atoms with Gasteiger partial charge in [-0.25, -0.2) is 9.18 Å². The van der Waals surface area contributed by atoms with E-state index in [0.717, 1.165) is 11.3 Å². The minimum Gasteiger partial charge on any atom is -0.488 e. The summed E-state index contributed by atoms with van der Waals surface area (Å²) in [5.74, 6) is -0.928. The molecule has 94 valence electrons. The number of halogens is 2. The van der Waals surface area contributed by atoms with Gasteiger partial charge in [-0.15, -0.1) is 11.3 Å². The van der Waals surface area contributed by atoms with Crippen LogP contribution >= 0.6 is 27.3 Å². The van der Waals surface area contributed by atoms with Crippen molar-refractivity contribution in [1.29, 1.82) is 0 Å². The maximum absolute atomic E-state index is 13.5. The molecular weight excluding hydrogens is 323 g/mol. The molecule has 0 radical (unpaired) electrons. The first-order valence-corrected chi connectivity index (χ1v) is 6.62. The van der Waals surface area contributed by atoms with E-state index in [-0.39, 0.29) is 17.3 Å². The number of aromatic carboxylic acids is 1. The highest BCUT2D eigenvalue weighted by atomic mass is 79.9. The molecule has 1 heterocycles. The predicted octanol–water partition coefficient (Wildman–Crippen LogP) is 3.93. The molecule has 0 aliphatic heterocycles. The first kappa shape index (κ1) is 13.0.